The minimum atomic E-state index is -0.408. The molecule has 0 N–H and O–H groups in total. The zero-order chi connectivity index (χ0) is 18.5. The third-order valence-corrected chi connectivity index (χ3v) is 5.34. The van der Waals surface area contributed by atoms with E-state index in [-0.39, 0.29) is 5.91 Å². The first-order valence-corrected chi connectivity index (χ1v) is 9.74. The quantitative estimate of drug-likeness (QED) is 0.746. The molecule has 0 bridgehead atoms. The van der Waals surface area contributed by atoms with Crippen molar-refractivity contribution in [2.24, 2.45) is 5.16 Å². The maximum Gasteiger partial charge on any atom is 0.266 e. The zero-order valence-electron chi connectivity index (χ0n) is 16.2. The molecule has 1 saturated heterocycles. The van der Waals surface area contributed by atoms with Crippen molar-refractivity contribution in [2.45, 2.75) is 57.6 Å². The van der Waals surface area contributed by atoms with Gasteiger partial charge in [-0.05, 0) is 46.3 Å². The van der Waals surface area contributed by atoms with Crippen LogP contribution in [0.2, 0.25) is 0 Å². The van der Waals surface area contributed by atoms with Crippen LogP contribution < -0.4 is 0 Å². The molecule has 7 nitrogen and oxygen atoms in total. The SMILES string of the molecule is CCC1=NO[C@@H](C(=O)N2CCC(c3nccn3CCCN(C)C)CC2)C1. The third kappa shape index (κ3) is 4.44. The van der Waals surface area contributed by atoms with Crippen molar-refractivity contribution >= 4 is 11.6 Å². The van der Waals surface area contributed by atoms with Crippen molar-refractivity contribution < 1.29 is 9.63 Å². The Labute approximate surface area is 156 Å². The molecule has 2 aliphatic rings. The van der Waals surface area contributed by atoms with E-state index in [0.717, 1.165) is 57.6 Å². The molecular formula is C19H31N5O2. The van der Waals surface area contributed by atoms with Crippen LogP contribution in [0, 0.1) is 0 Å². The van der Waals surface area contributed by atoms with Gasteiger partial charge in [-0.1, -0.05) is 12.1 Å². The molecule has 0 saturated carbocycles. The molecule has 0 radical (unpaired) electrons. The van der Waals surface area contributed by atoms with Crippen LogP contribution in [-0.4, -0.2) is 70.8 Å². The van der Waals surface area contributed by atoms with Crippen LogP contribution in [0.4, 0.5) is 0 Å². The second-order valence-corrected chi connectivity index (χ2v) is 7.54. The largest absolute Gasteiger partial charge is 0.382 e. The Balaban J connectivity index is 1.50. The summed E-state index contributed by atoms with van der Waals surface area (Å²) in [6.07, 6.45) is 8.11. The molecule has 7 heteroatoms. The molecule has 1 aromatic rings. The van der Waals surface area contributed by atoms with Crippen molar-refractivity contribution in [3.05, 3.63) is 18.2 Å². The van der Waals surface area contributed by atoms with Crippen molar-refractivity contribution in [1.82, 2.24) is 19.4 Å². The topological polar surface area (TPSA) is 63.0 Å². The van der Waals surface area contributed by atoms with Crippen molar-refractivity contribution in [2.75, 3.05) is 33.7 Å². The van der Waals surface area contributed by atoms with Crippen LogP contribution in [-0.2, 0) is 16.2 Å². The van der Waals surface area contributed by atoms with Crippen LogP contribution in [0.3, 0.4) is 0 Å². The van der Waals surface area contributed by atoms with E-state index >= 15 is 0 Å². The first kappa shape index (κ1) is 18.9. The minimum absolute atomic E-state index is 0.0879. The lowest BCUT2D eigenvalue weighted by Crippen LogP contribution is -2.43. The third-order valence-electron chi connectivity index (χ3n) is 5.34. The molecule has 0 aliphatic carbocycles. The minimum Gasteiger partial charge on any atom is -0.382 e. The Morgan fingerprint density at radius 1 is 1.35 bits per heavy atom. The predicted octanol–water partition coefficient (Wildman–Crippen LogP) is 2.10. The molecular weight excluding hydrogens is 330 g/mol. The van der Waals surface area contributed by atoms with Gasteiger partial charge in [-0.2, -0.15) is 0 Å². The highest BCUT2D eigenvalue weighted by Crippen LogP contribution is 2.28. The van der Waals surface area contributed by atoms with Gasteiger partial charge in [-0.25, -0.2) is 4.98 Å². The van der Waals surface area contributed by atoms with E-state index in [1.807, 2.05) is 18.0 Å². The van der Waals surface area contributed by atoms with Crippen molar-refractivity contribution in [1.29, 1.82) is 0 Å². The average molecular weight is 361 g/mol. The predicted molar refractivity (Wildman–Crippen MR) is 101 cm³/mol. The summed E-state index contributed by atoms with van der Waals surface area (Å²) >= 11 is 0. The number of hydrogen-bond acceptors (Lipinski definition) is 5. The van der Waals surface area contributed by atoms with Crippen molar-refractivity contribution in [3.63, 3.8) is 0 Å². The fourth-order valence-electron chi connectivity index (χ4n) is 3.76. The standard InChI is InChI=1S/C19H31N5O2/c1-4-16-14-17(26-21-16)19(25)24-11-6-15(7-12-24)18-20-8-13-23(18)10-5-9-22(2)3/h8,13,15,17H,4-7,9-12,14H2,1-3H3/t17-/m1/s1. The Morgan fingerprint density at radius 3 is 2.77 bits per heavy atom. The number of rotatable bonds is 7. The van der Waals surface area contributed by atoms with Gasteiger partial charge in [0.05, 0.1) is 5.71 Å². The number of hydrogen-bond donors (Lipinski definition) is 0. The van der Waals surface area contributed by atoms with E-state index in [9.17, 15) is 4.79 Å². The highest BCUT2D eigenvalue weighted by molar-refractivity contribution is 5.92. The Kier molecular flexibility index (Phi) is 6.29. The van der Waals surface area contributed by atoms with Gasteiger partial charge < -0.3 is 19.2 Å². The van der Waals surface area contributed by atoms with Crippen LogP contribution in [0.25, 0.3) is 0 Å². The van der Waals surface area contributed by atoms with E-state index in [2.05, 4.69) is 39.9 Å². The summed E-state index contributed by atoms with van der Waals surface area (Å²) in [5.74, 6) is 1.69. The summed E-state index contributed by atoms with van der Waals surface area (Å²) in [6, 6.07) is 0. The van der Waals surface area contributed by atoms with E-state index in [1.54, 1.807) is 0 Å². The molecule has 26 heavy (non-hydrogen) atoms. The number of carbonyl (C=O) groups is 1. The summed E-state index contributed by atoms with van der Waals surface area (Å²) < 4.78 is 2.28. The maximum absolute atomic E-state index is 12.6. The lowest BCUT2D eigenvalue weighted by Gasteiger charge is -2.33. The molecule has 3 rings (SSSR count). The van der Waals surface area contributed by atoms with Gasteiger partial charge in [0, 0.05) is 44.4 Å². The molecule has 1 fully saturated rings. The summed E-state index contributed by atoms with van der Waals surface area (Å²) in [4.78, 5) is 26.7. The number of oxime groups is 1. The number of piperidine rings is 1. The van der Waals surface area contributed by atoms with Gasteiger partial charge >= 0.3 is 0 Å². The Bertz CT molecular complexity index is 632. The lowest BCUT2D eigenvalue weighted by atomic mass is 9.95. The molecule has 3 heterocycles. The normalized spacial score (nSPS) is 21.2. The molecule has 144 valence electrons. The van der Waals surface area contributed by atoms with E-state index in [4.69, 9.17) is 4.84 Å². The van der Waals surface area contributed by atoms with E-state index in [0.29, 0.717) is 12.3 Å². The molecule has 1 aromatic heterocycles. The molecule has 2 aliphatic heterocycles. The summed E-state index contributed by atoms with van der Waals surface area (Å²) in [7, 11) is 4.20. The Morgan fingerprint density at radius 2 is 2.12 bits per heavy atom. The summed E-state index contributed by atoms with van der Waals surface area (Å²) in [5, 5.41) is 4.01. The van der Waals surface area contributed by atoms with Crippen LogP contribution in [0.5, 0.6) is 0 Å². The second kappa shape index (κ2) is 8.66. The zero-order valence-corrected chi connectivity index (χ0v) is 16.2. The average Bonchev–Trinajstić information content (AvgIpc) is 3.30. The van der Waals surface area contributed by atoms with Crippen LogP contribution >= 0.6 is 0 Å². The number of likely N-dealkylation sites (tertiary alicyclic amines) is 1. The van der Waals surface area contributed by atoms with Gasteiger partial charge in [0.15, 0.2) is 0 Å². The van der Waals surface area contributed by atoms with Crippen LogP contribution in [0.1, 0.15) is 50.8 Å². The van der Waals surface area contributed by atoms with Crippen molar-refractivity contribution in [3.8, 4) is 0 Å². The first-order valence-electron chi connectivity index (χ1n) is 9.74. The van der Waals surface area contributed by atoms with Gasteiger partial charge in [-0.15, -0.1) is 0 Å². The number of nitrogens with zero attached hydrogens (tertiary/aromatic N) is 5. The molecule has 0 unspecified atom stereocenters. The van der Waals surface area contributed by atoms with Gasteiger partial charge in [-0.3, -0.25) is 4.79 Å². The maximum atomic E-state index is 12.6. The number of aromatic nitrogens is 2. The summed E-state index contributed by atoms with van der Waals surface area (Å²) in [5.41, 5.74) is 0.984. The molecule has 0 aromatic carbocycles. The Hall–Kier alpha value is -1.89. The number of amides is 1. The highest BCUT2D eigenvalue weighted by atomic mass is 16.6. The number of imidazole rings is 1. The number of carbonyl (C=O) groups excluding carboxylic acids is 1. The van der Waals surface area contributed by atoms with Gasteiger partial charge in [0.25, 0.3) is 5.91 Å². The number of aryl methyl sites for hydroxylation is 1. The van der Waals surface area contributed by atoms with E-state index < -0.39 is 6.10 Å². The fourth-order valence-corrected chi connectivity index (χ4v) is 3.76. The summed E-state index contributed by atoms with van der Waals surface area (Å²) in [6.45, 7) is 5.67. The first-order chi connectivity index (χ1) is 12.6. The van der Waals surface area contributed by atoms with Gasteiger partial charge in [0.2, 0.25) is 6.10 Å². The molecule has 1 atom stereocenters. The smallest absolute Gasteiger partial charge is 0.266 e. The lowest BCUT2D eigenvalue weighted by molar-refractivity contribution is -0.143. The molecule has 1 amide bonds. The highest BCUT2D eigenvalue weighted by Gasteiger charge is 2.34. The van der Waals surface area contributed by atoms with Crippen LogP contribution in [0.15, 0.2) is 17.5 Å². The fraction of sp³-hybridized carbons (Fsp3) is 0.737. The molecule has 0 spiro atoms. The monoisotopic (exact) mass is 361 g/mol. The second-order valence-electron chi connectivity index (χ2n) is 7.54. The van der Waals surface area contributed by atoms with E-state index in [1.165, 1.54) is 5.82 Å². The van der Waals surface area contributed by atoms with Gasteiger partial charge in [0.1, 0.15) is 5.82 Å².